The first-order valence-electron chi connectivity index (χ1n) is 8.96. The summed E-state index contributed by atoms with van der Waals surface area (Å²) in [6.45, 7) is -0.136. The molecule has 30 heavy (non-hydrogen) atoms. The molecule has 2 aromatic carbocycles. The molecule has 0 aliphatic heterocycles. The molecule has 3 aromatic rings. The lowest BCUT2D eigenvalue weighted by Gasteiger charge is -2.11. The zero-order valence-corrected chi connectivity index (χ0v) is 17.2. The van der Waals surface area contributed by atoms with Gasteiger partial charge in [0.15, 0.2) is 17.5 Å². The number of nitrogens with one attached hydrogen (secondary N) is 1. The molecule has 3 rings (SSSR count). The molecule has 0 fully saturated rings. The number of hydrogen-bond acceptors (Lipinski definition) is 6. The number of esters is 1. The van der Waals surface area contributed by atoms with Crippen molar-refractivity contribution in [1.29, 1.82) is 0 Å². The lowest BCUT2D eigenvalue weighted by Crippen LogP contribution is -2.28. The van der Waals surface area contributed by atoms with Crippen LogP contribution in [-0.2, 0) is 16.1 Å². The van der Waals surface area contributed by atoms with Crippen molar-refractivity contribution in [3.05, 3.63) is 71.8 Å². The van der Waals surface area contributed by atoms with Gasteiger partial charge in [0.1, 0.15) is 11.6 Å². The molecule has 7 nitrogen and oxygen atoms in total. The second-order valence-electron chi connectivity index (χ2n) is 6.14. The summed E-state index contributed by atoms with van der Waals surface area (Å²) in [7, 11) is 1.58. The maximum Gasteiger partial charge on any atom is 0.357 e. The molecule has 0 radical (unpaired) electrons. The zero-order valence-electron chi connectivity index (χ0n) is 16.4. The Hall–Kier alpha value is -3.33. The highest BCUT2D eigenvalue weighted by atomic mass is 32.2. The van der Waals surface area contributed by atoms with Crippen molar-refractivity contribution in [1.82, 2.24) is 14.9 Å². The molecule has 1 amide bonds. The fraction of sp³-hybridized carbons (Fsp3) is 0.190. The number of nitrogens with zero attached hydrogens (tertiary/aromatic N) is 2. The van der Waals surface area contributed by atoms with Crippen LogP contribution in [0.4, 0.5) is 4.39 Å². The predicted molar refractivity (Wildman–Crippen MR) is 110 cm³/mol. The molecule has 0 saturated carbocycles. The minimum Gasteiger partial charge on any atom is -0.497 e. The van der Waals surface area contributed by atoms with Gasteiger partial charge in [0.25, 0.3) is 5.91 Å². The quantitative estimate of drug-likeness (QED) is 0.437. The third-order valence-electron chi connectivity index (χ3n) is 4.19. The van der Waals surface area contributed by atoms with Gasteiger partial charge in [0.2, 0.25) is 0 Å². The van der Waals surface area contributed by atoms with Crippen LogP contribution in [0.1, 0.15) is 16.1 Å². The van der Waals surface area contributed by atoms with Crippen LogP contribution in [0.25, 0.3) is 5.69 Å². The van der Waals surface area contributed by atoms with Crippen molar-refractivity contribution >= 4 is 23.6 Å². The molecule has 1 N–H and O–H groups in total. The molecular weight excluding hydrogens is 409 g/mol. The summed E-state index contributed by atoms with van der Waals surface area (Å²) >= 11 is 1.33. The van der Waals surface area contributed by atoms with Gasteiger partial charge in [-0.25, -0.2) is 14.2 Å². The van der Waals surface area contributed by atoms with Gasteiger partial charge < -0.3 is 14.8 Å². The summed E-state index contributed by atoms with van der Waals surface area (Å²) in [5.41, 5.74) is 1.59. The monoisotopic (exact) mass is 429 g/mol. The minimum absolute atomic E-state index is 0.147. The van der Waals surface area contributed by atoms with Gasteiger partial charge in [-0.1, -0.05) is 23.9 Å². The summed E-state index contributed by atoms with van der Waals surface area (Å²) < 4.78 is 25.0. The smallest absolute Gasteiger partial charge is 0.357 e. The lowest BCUT2D eigenvalue weighted by atomic mass is 10.2. The molecular formula is C21H20FN3O4S. The number of ether oxygens (including phenoxy) is 2. The summed E-state index contributed by atoms with van der Waals surface area (Å²) in [6, 6.07) is 12.9. The van der Waals surface area contributed by atoms with Crippen LogP contribution in [-0.4, -0.2) is 41.4 Å². The molecule has 0 spiro atoms. The number of hydrogen-bond donors (Lipinski definition) is 1. The van der Waals surface area contributed by atoms with Crippen LogP contribution in [0.15, 0.2) is 59.9 Å². The first-order chi connectivity index (χ1) is 14.5. The Labute approximate surface area is 177 Å². The number of carbonyl (C=O) groups is 2. The van der Waals surface area contributed by atoms with E-state index >= 15 is 0 Å². The Kier molecular flexibility index (Phi) is 7.08. The van der Waals surface area contributed by atoms with Crippen molar-refractivity contribution in [3.8, 4) is 11.4 Å². The largest absolute Gasteiger partial charge is 0.497 e. The molecule has 0 aliphatic rings. The van der Waals surface area contributed by atoms with Crippen molar-refractivity contribution < 1.29 is 23.5 Å². The number of carbonyl (C=O) groups excluding carboxylic acids is 2. The van der Waals surface area contributed by atoms with Crippen LogP contribution in [0.3, 0.4) is 0 Å². The fourth-order valence-electron chi connectivity index (χ4n) is 2.66. The average Bonchev–Trinajstić information content (AvgIpc) is 3.21. The molecule has 0 bridgehead atoms. The molecule has 1 aromatic heterocycles. The molecule has 0 saturated heterocycles. The molecule has 0 atom stereocenters. The summed E-state index contributed by atoms with van der Waals surface area (Å²) in [6.07, 6.45) is 3.18. The molecule has 156 valence electrons. The summed E-state index contributed by atoms with van der Waals surface area (Å²) in [5, 5.41) is 3.23. The van der Waals surface area contributed by atoms with Crippen LogP contribution < -0.4 is 10.1 Å². The van der Waals surface area contributed by atoms with Gasteiger partial charge in [-0.15, -0.1) is 0 Å². The highest BCUT2D eigenvalue weighted by molar-refractivity contribution is 7.98. The van der Waals surface area contributed by atoms with E-state index in [4.69, 9.17) is 9.47 Å². The number of methoxy groups -OCH3 is 1. The number of benzene rings is 2. The van der Waals surface area contributed by atoms with Crippen LogP contribution in [0.5, 0.6) is 5.75 Å². The Morgan fingerprint density at radius 2 is 1.83 bits per heavy atom. The van der Waals surface area contributed by atoms with Crippen LogP contribution >= 0.6 is 11.8 Å². The highest BCUT2D eigenvalue weighted by Gasteiger charge is 2.20. The first kappa shape index (κ1) is 21.4. The Balaban J connectivity index is 1.61. The number of amides is 1. The number of imidazole rings is 1. The van der Waals surface area contributed by atoms with Crippen LogP contribution in [0, 0.1) is 5.82 Å². The van der Waals surface area contributed by atoms with E-state index in [0.29, 0.717) is 17.4 Å². The van der Waals surface area contributed by atoms with Crippen molar-refractivity contribution in [2.24, 2.45) is 0 Å². The summed E-state index contributed by atoms with van der Waals surface area (Å²) in [4.78, 5) is 28.8. The van der Waals surface area contributed by atoms with Gasteiger partial charge in [-0.2, -0.15) is 0 Å². The van der Waals surface area contributed by atoms with Gasteiger partial charge in [-0.3, -0.25) is 9.36 Å². The maximum atomic E-state index is 13.2. The Bertz CT molecular complexity index is 1020. The van der Waals surface area contributed by atoms with Crippen molar-refractivity contribution in [3.63, 3.8) is 0 Å². The second kappa shape index (κ2) is 9.93. The zero-order chi connectivity index (χ0) is 21.5. The lowest BCUT2D eigenvalue weighted by molar-refractivity contribution is -0.124. The summed E-state index contributed by atoms with van der Waals surface area (Å²) in [5.74, 6) is -0.799. The van der Waals surface area contributed by atoms with Gasteiger partial charge in [-0.05, 0) is 48.2 Å². The number of thioether (sulfide) groups is 1. The van der Waals surface area contributed by atoms with Crippen molar-refractivity contribution in [2.45, 2.75) is 11.7 Å². The van der Waals surface area contributed by atoms with E-state index in [-0.39, 0.29) is 11.5 Å². The van der Waals surface area contributed by atoms with E-state index in [1.54, 1.807) is 23.8 Å². The Morgan fingerprint density at radius 3 is 2.47 bits per heavy atom. The van der Waals surface area contributed by atoms with E-state index in [1.807, 2.05) is 18.4 Å². The topological polar surface area (TPSA) is 82.4 Å². The van der Waals surface area contributed by atoms with E-state index in [2.05, 4.69) is 10.3 Å². The molecule has 1 heterocycles. The van der Waals surface area contributed by atoms with E-state index in [0.717, 1.165) is 11.3 Å². The number of halogens is 1. The maximum absolute atomic E-state index is 13.2. The standard InChI is InChI=1S/C21H20FN3O4S/c1-28-17-9-3-14(4-10-17)11-23-19(26)13-29-20(27)18-12-24-21(30-2)25(18)16-7-5-15(22)6-8-16/h3-10,12H,11,13H2,1-2H3,(H,23,26). The SMILES string of the molecule is COc1ccc(CNC(=O)COC(=O)c2cnc(SC)n2-c2ccc(F)cc2)cc1. The number of aromatic nitrogens is 2. The normalized spacial score (nSPS) is 10.5. The van der Waals surface area contributed by atoms with E-state index in [1.165, 1.54) is 42.2 Å². The Morgan fingerprint density at radius 1 is 1.13 bits per heavy atom. The predicted octanol–water partition coefficient (Wildman–Crippen LogP) is 3.22. The molecule has 0 aliphatic carbocycles. The van der Waals surface area contributed by atoms with Crippen molar-refractivity contribution in [2.75, 3.05) is 20.0 Å². The van der Waals surface area contributed by atoms with E-state index < -0.39 is 18.5 Å². The third kappa shape index (κ3) is 5.18. The first-order valence-corrected chi connectivity index (χ1v) is 10.2. The highest BCUT2D eigenvalue weighted by Crippen LogP contribution is 2.22. The second-order valence-corrected chi connectivity index (χ2v) is 6.92. The van der Waals surface area contributed by atoms with Gasteiger partial charge in [0.05, 0.1) is 13.3 Å². The molecule has 9 heteroatoms. The fourth-order valence-corrected chi connectivity index (χ4v) is 3.21. The van der Waals surface area contributed by atoms with Crippen LogP contribution in [0.2, 0.25) is 0 Å². The third-order valence-corrected chi connectivity index (χ3v) is 4.84. The molecule has 0 unspecified atom stereocenters. The van der Waals surface area contributed by atoms with Gasteiger partial charge in [0, 0.05) is 12.2 Å². The van der Waals surface area contributed by atoms with Gasteiger partial charge >= 0.3 is 5.97 Å². The average molecular weight is 429 g/mol. The van der Waals surface area contributed by atoms with E-state index in [9.17, 15) is 14.0 Å². The minimum atomic E-state index is -0.702. The number of rotatable bonds is 8.